The lowest BCUT2D eigenvalue weighted by atomic mass is 10.1. The van der Waals surface area contributed by atoms with Crippen LogP contribution in [0, 0.1) is 5.92 Å². The molecule has 0 aromatic rings. The number of hydrogen-bond donors (Lipinski definition) is 2. The maximum absolute atomic E-state index is 8.59. The average molecular weight is 217 g/mol. The summed E-state index contributed by atoms with van der Waals surface area (Å²) in [7, 11) is 0. The highest BCUT2D eigenvalue weighted by Gasteiger charge is 2.13. The first kappa shape index (κ1) is 12.3. The number of unbranched alkanes of at least 4 members (excludes halogenated alkanes) is 3. The molecule has 2 nitrogen and oxygen atoms in total. The molecule has 0 aliphatic carbocycles. The predicted octanol–water partition coefficient (Wildman–Crippen LogP) is 1.88. The Morgan fingerprint density at radius 3 is 2.79 bits per heavy atom. The fourth-order valence-electron chi connectivity index (χ4n) is 1.77. The van der Waals surface area contributed by atoms with Crippen LogP contribution in [-0.2, 0) is 0 Å². The van der Waals surface area contributed by atoms with E-state index in [-0.39, 0.29) is 0 Å². The van der Waals surface area contributed by atoms with Crippen molar-refractivity contribution in [2.45, 2.75) is 32.1 Å². The van der Waals surface area contributed by atoms with Crippen LogP contribution in [-0.4, -0.2) is 36.3 Å². The van der Waals surface area contributed by atoms with E-state index in [0.717, 1.165) is 18.9 Å². The van der Waals surface area contributed by atoms with Crippen molar-refractivity contribution in [3.63, 3.8) is 0 Å². The van der Waals surface area contributed by atoms with Crippen LogP contribution in [0.5, 0.6) is 0 Å². The van der Waals surface area contributed by atoms with Gasteiger partial charge in [-0.05, 0) is 49.8 Å². The molecular weight excluding hydrogens is 194 g/mol. The van der Waals surface area contributed by atoms with Gasteiger partial charge in [-0.1, -0.05) is 12.8 Å². The van der Waals surface area contributed by atoms with E-state index >= 15 is 0 Å². The Morgan fingerprint density at radius 1 is 1.21 bits per heavy atom. The third-order valence-electron chi connectivity index (χ3n) is 2.72. The number of nitrogens with one attached hydrogen (secondary N) is 1. The molecular formula is C11H23NOS. The third-order valence-corrected chi connectivity index (χ3v) is 3.95. The molecule has 84 valence electrons. The van der Waals surface area contributed by atoms with Gasteiger partial charge in [-0.25, -0.2) is 0 Å². The summed E-state index contributed by atoms with van der Waals surface area (Å²) < 4.78 is 0. The maximum Gasteiger partial charge on any atom is 0.0431 e. The van der Waals surface area contributed by atoms with Crippen LogP contribution in [0.4, 0.5) is 0 Å². The molecule has 3 heteroatoms. The first-order chi connectivity index (χ1) is 6.93. The van der Waals surface area contributed by atoms with Gasteiger partial charge in [0.15, 0.2) is 0 Å². The Balaban J connectivity index is 1.75. The molecule has 0 bridgehead atoms. The molecule has 1 heterocycles. The van der Waals surface area contributed by atoms with E-state index in [4.69, 9.17) is 5.11 Å². The molecule has 0 saturated carbocycles. The number of thioether (sulfide) groups is 1. The van der Waals surface area contributed by atoms with Gasteiger partial charge in [0.1, 0.15) is 0 Å². The van der Waals surface area contributed by atoms with Crippen molar-refractivity contribution in [2.75, 3.05) is 31.2 Å². The number of aliphatic hydroxyl groups is 1. The topological polar surface area (TPSA) is 32.3 Å². The SMILES string of the molecule is OCCCCCCNCC1CCSC1. The molecule has 1 saturated heterocycles. The largest absolute Gasteiger partial charge is 0.396 e. The van der Waals surface area contributed by atoms with Gasteiger partial charge in [0.25, 0.3) is 0 Å². The molecule has 0 amide bonds. The highest BCUT2D eigenvalue weighted by atomic mass is 32.2. The summed E-state index contributed by atoms with van der Waals surface area (Å²) in [6, 6.07) is 0. The van der Waals surface area contributed by atoms with Crippen molar-refractivity contribution in [3.8, 4) is 0 Å². The molecule has 1 rings (SSSR count). The Morgan fingerprint density at radius 2 is 2.07 bits per heavy atom. The molecule has 14 heavy (non-hydrogen) atoms. The normalized spacial score (nSPS) is 21.6. The molecule has 0 aromatic heterocycles. The van der Waals surface area contributed by atoms with Crippen molar-refractivity contribution in [1.82, 2.24) is 5.32 Å². The summed E-state index contributed by atoms with van der Waals surface area (Å²) in [5.41, 5.74) is 0. The Hall–Kier alpha value is 0.270. The van der Waals surface area contributed by atoms with Crippen LogP contribution in [0.15, 0.2) is 0 Å². The van der Waals surface area contributed by atoms with Crippen molar-refractivity contribution in [2.24, 2.45) is 5.92 Å². The zero-order valence-electron chi connectivity index (χ0n) is 9.00. The van der Waals surface area contributed by atoms with Gasteiger partial charge >= 0.3 is 0 Å². The Kier molecular flexibility index (Phi) is 7.55. The lowest BCUT2D eigenvalue weighted by Crippen LogP contribution is -2.23. The second-order valence-corrected chi connectivity index (χ2v) is 5.22. The summed E-state index contributed by atoms with van der Waals surface area (Å²) in [6.07, 6.45) is 6.08. The standard InChI is InChI=1S/C11H23NOS/c13-7-4-2-1-3-6-12-9-11-5-8-14-10-11/h11-13H,1-10H2. The third kappa shape index (κ3) is 5.89. The molecule has 0 spiro atoms. The van der Waals surface area contributed by atoms with Crippen LogP contribution in [0.1, 0.15) is 32.1 Å². The van der Waals surface area contributed by atoms with E-state index in [1.165, 1.54) is 43.7 Å². The number of rotatable bonds is 8. The van der Waals surface area contributed by atoms with Gasteiger partial charge in [-0.15, -0.1) is 0 Å². The highest BCUT2D eigenvalue weighted by molar-refractivity contribution is 7.99. The number of aliphatic hydroxyl groups excluding tert-OH is 1. The lowest BCUT2D eigenvalue weighted by molar-refractivity contribution is 0.282. The first-order valence-electron chi connectivity index (χ1n) is 5.83. The quantitative estimate of drug-likeness (QED) is 0.609. The summed E-state index contributed by atoms with van der Waals surface area (Å²) in [5, 5.41) is 12.1. The zero-order valence-corrected chi connectivity index (χ0v) is 9.82. The molecule has 1 fully saturated rings. The fraction of sp³-hybridized carbons (Fsp3) is 1.00. The van der Waals surface area contributed by atoms with Crippen LogP contribution in [0.2, 0.25) is 0 Å². The van der Waals surface area contributed by atoms with Gasteiger partial charge < -0.3 is 10.4 Å². The van der Waals surface area contributed by atoms with E-state index < -0.39 is 0 Å². The van der Waals surface area contributed by atoms with Gasteiger partial charge in [0, 0.05) is 6.61 Å². The second-order valence-electron chi connectivity index (χ2n) is 4.07. The monoisotopic (exact) mass is 217 g/mol. The fourth-order valence-corrected chi connectivity index (χ4v) is 3.05. The van der Waals surface area contributed by atoms with E-state index in [2.05, 4.69) is 17.1 Å². The molecule has 1 unspecified atom stereocenters. The molecule has 0 radical (unpaired) electrons. The average Bonchev–Trinajstić information content (AvgIpc) is 2.69. The maximum atomic E-state index is 8.59. The minimum absolute atomic E-state index is 0.354. The van der Waals surface area contributed by atoms with Gasteiger partial charge in [-0.2, -0.15) is 11.8 Å². The first-order valence-corrected chi connectivity index (χ1v) is 6.98. The zero-order chi connectivity index (χ0) is 10.1. The summed E-state index contributed by atoms with van der Waals surface area (Å²) in [5.74, 6) is 3.65. The van der Waals surface area contributed by atoms with E-state index in [9.17, 15) is 0 Å². The highest BCUT2D eigenvalue weighted by Crippen LogP contribution is 2.22. The van der Waals surface area contributed by atoms with Crippen molar-refractivity contribution >= 4 is 11.8 Å². The number of hydrogen-bond acceptors (Lipinski definition) is 3. The Bertz CT molecular complexity index is 126. The van der Waals surface area contributed by atoms with E-state index in [0.29, 0.717) is 6.61 Å². The lowest BCUT2D eigenvalue weighted by Gasteiger charge is -2.09. The van der Waals surface area contributed by atoms with Crippen molar-refractivity contribution in [3.05, 3.63) is 0 Å². The van der Waals surface area contributed by atoms with Crippen LogP contribution in [0.3, 0.4) is 0 Å². The van der Waals surface area contributed by atoms with Crippen molar-refractivity contribution < 1.29 is 5.11 Å². The minimum Gasteiger partial charge on any atom is -0.396 e. The van der Waals surface area contributed by atoms with Gasteiger partial charge in [-0.3, -0.25) is 0 Å². The van der Waals surface area contributed by atoms with E-state index in [1.807, 2.05) is 0 Å². The molecule has 1 aliphatic rings. The van der Waals surface area contributed by atoms with Crippen LogP contribution < -0.4 is 5.32 Å². The van der Waals surface area contributed by atoms with Gasteiger partial charge in [0.2, 0.25) is 0 Å². The van der Waals surface area contributed by atoms with Crippen molar-refractivity contribution in [1.29, 1.82) is 0 Å². The predicted molar refractivity (Wildman–Crippen MR) is 63.9 cm³/mol. The van der Waals surface area contributed by atoms with Crippen LogP contribution >= 0.6 is 11.8 Å². The summed E-state index contributed by atoms with van der Waals surface area (Å²) in [4.78, 5) is 0. The van der Waals surface area contributed by atoms with E-state index in [1.54, 1.807) is 0 Å². The second kappa shape index (κ2) is 8.57. The molecule has 0 aromatic carbocycles. The molecule has 1 aliphatic heterocycles. The van der Waals surface area contributed by atoms with Crippen LogP contribution in [0.25, 0.3) is 0 Å². The molecule has 2 N–H and O–H groups in total. The summed E-state index contributed by atoms with van der Waals surface area (Å²) in [6.45, 7) is 2.73. The minimum atomic E-state index is 0.354. The molecule has 1 atom stereocenters. The van der Waals surface area contributed by atoms with Gasteiger partial charge in [0.05, 0.1) is 0 Å². The Labute approximate surface area is 91.9 Å². The summed E-state index contributed by atoms with van der Waals surface area (Å²) >= 11 is 2.09. The smallest absolute Gasteiger partial charge is 0.0431 e.